The van der Waals surface area contributed by atoms with E-state index >= 15 is 0 Å². The SMILES string of the molecule is CCCCCCCCCCCCCCCCCCCCCC(=O)OCC(O)COCC(O)COCC(O)COCC(O)COCC(O)COCC(O)COC(O)COCC(O)COCC(O)COCC(O)CO. The van der Waals surface area contributed by atoms with E-state index in [1.165, 1.54) is 103 Å². The molecule has 0 aromatic heterocycles. The van der Waals surface area contributed by atoms with Crippen LogP contribution in [-0.4, -0.2) is 249 Å². The summed E-state index contributed by atoms with van der Waals surface area (Å²) < 4.78 is 51.9. The fourth-order valence-electron chi connectivity index (χ4n) is 7.00. The Hall–Kier alpha value is -1.33. The molecule has 0 bridgehead atoms. The predicted molar refractivity (Wildman–Crippen MR) is 269 cm³/mol. The molecule has 10 unspecified atom stereocenters. The molecule has 0 aliphatic carbocycles. The van der Waals surface area contributed by atoms with Crippen molar-refractivity contribution in [1.29, 1.82) is 0 Å². The van der Waals surface area contributed by atoms with Crippen LogP contribution in [0.2, 0.25) is 0 Å². The van der Waals surface area contributed by atoms with Crippen molar-refractivity contribution in [2.75, 3.05) is 126 Å². The van der Waals surface area contributed by atoms with Gasteiger partial charge < -0.3 is 104 Å². The maximum Gasteiger partial charge on any atom is 0.305 e. The Morgan fingerprint density at radius 3 is 0.822 bits per heavy atom. The second-order valence-corrected chi connectivity index (χ2v) is 19.0. The third-order valence-electron chi connectivity index (χ3n) is 11.0. The minimum Gasteiger partial charge on any atom is -0.463 e. The van der Waals surface area contributed by atoms with Gasteiger partial charge in [-0.1, -0.05) is 122 Å². The normalized spacial score (nSPS) is 16.2. The lowest BCUT2D eigenvalue weighted by Crippen LogP contribution is -2.32. The van der Waals surface area contributed by atoms with Gasteiger partial charge in [-0.25, -0.2) is 0 Å². The Morgan fingerprint density at radius 2 is 0.534 bits per heavy atom. The van der Waals surface area contributed by atoms with Gasteiger partial charge in [0.2, 0.25) is 0 Å². The average molecular weight is 1070 g/mol. The lowest BCUT2D eigenvalue weighted by atomic mass is 10.0. The van der Waals surface area contributed by atoms with Crippen molar-refractivity contribution in [3.8, 4) is 0 Å². The van der Waals surface area contributed by atoms with Crippen molar-refractivity contribution in [2.24, 2.45) is 0 Å². The largest absolute Gasteiger partial charge is 0.463 e. The highest BCUT2D eigenvalue weighted by Gasteiger charge is 2.17. The number of unbranched alkanes of at least 4 members (excludes halogenated alkanes) is 18. The molecule has 0 fully saturated rings. The third kappa shape index (κ3) is 52.5. The molecule has 0 aromatic rings. The Balaban J connectivity index is 3.68. The number of hydrogen-bond acceptors (Lipinski definition) is 22. The summed E-state index contributed by atoms with van der Waals surface area (Å²) in [6.45, 7) is -1.68. The first-order chi connectivity index (χ1) is 35.2. The van der Waals surface area contributed by atoms with E-state index in [4.69, 9.17) is 52.5 Å². The van der Waals surface area contributed by atoms with Crippen molar-refractivity contribution >= 4 is 5.97 Å². The second kappa shape index (κ2) is 52.7. The number of esters is 1. The van der Waals surface area contributed by atoms with Crippen LogP contribution in [0.15, 0.2) is 0 Å². The van der Waals surface area contributed by atoms with E-state index in [1.54, 1.807) is 0 Å². The molecule has 22 nitrogen and oxygen atoms in total. The molecule has 0 aliphatic rings. The highest BCUT2D eigenvalue weighted by Crippen LogP contribution is 2.15. The number of aliphatic hydroxyl groups excluding tert-OH is 11. The van der Waals surface area contributed by atoms with Crippen molar-refractivity contribution in [3.63, 3.8) is 0 Å². The van der Waals surface area contributed by atoms with E-state index in [9.17, 15) is 55.9 Å². The van der Waals surface area contributed by atoms with Crippen LogP contribution >= 0.6 is 0 Å². The minimum atomic E-state index is -1.42. The molecule has 0 saturated heterocycles. The molecule has 0 heterocycles. The molecule has 0 aliphatic heterocycles. The van der Waals surface area contributed by atoms with Crippen molar-refractivity contribution in [1.82, 2.24) is 0 Å². The summed E-state index contributed by atoms with van der Waals surface area (Å²) >= 11 is 0. The van der Waals surface area contributed by atoms with Crippen LogP contribution in [0.3, 0.4) is 0 Å². The van der Waals surface area contributed by atoms with Crippen LogP contribution in [0.25, 0.3) is 0 Å². The number of ether oxygens (including phenoxy) is 10. The zero-order chi connectivity index (χ0) is 54.0. The van der Waals surface area contributed by atoms with E-state index in [0.717, 1.165) is 19.3 Å². The van der Waals surface area contributed by atoms with Gasteiger partial charge in [-0.2, -0.15) is 0 Å². The Bertz CT molecular complexity index is 1150. The molecule has 11 N–H and O–H groups in total. The van der Waals surface area contributed by atoms with Crippen LogP contribution in [0, 0.1) is 0 Å². The molecule has 438 valence electrons. The number of aliphatic hydroxyl groups is 11. The van der Waals surface area contributed by atoms with Crippen molar-refractivity contribution < 1.29 is 108 Å². The summed E-state index contributed by atoms with van der Waals surface area (Å²) in [5, 5.41) is 108. The van der Waals surface area contributed by atoms with Gasteiger partial charge in [0, 0.05) is 6.42 Å². The number of rotatable bonds is 58. The topological polar surface area (TPSA) is 332 Å². The standard InChI is InChI=1S/C51H102O22/c1-2-3-4-5-6-7-8-9-10-11-12-13-14-15-16-17-18-19-20-21-50(62)72-38-48(60)36-69-32-45(57)30-66-28-43(55)26-65-27-44(56)29-67-31-46(58)33-70-37-49(61)39-73-51(63)40-71-35-47(59)34-68-25-42(54)24-64-23-41(53)22-52/h41-49,51-61,63H,2-40H2,1H3. The molecule has 0 spiro atoms. The fraction of sp³-hybridized carbons (Fsp3) is 0.980. The van der Waals surface area contributed by atoms with E-state index in [1.807, 2.05) is 0 Å². The van der Waals surface area contributed by atoms with Gasteiger partial charge in [0.25, 0.3) is 0 Å². The summed E-state index contributed by atoms with van der Waals surface area (Å²) in [6, 6.07) is 0. The first kappa shape index (κ1) is 71.7. The van der Waals surface area contributed by atoms with Gasteiger partial charge in [-0.3, -0.25) is 4.79 Å². The van der Waals surface area contributed by atoms with Crippen LogP contribution < -0.4 is 0 Å². The summed E-state index contributed by atoms with van der Waals surface area (Å²) in [6.07, 6.45) is 13.7. The van der Waals surface area contributed by atoms with E-state index in [-0.39, 0.29) is 125 Å². The highest BCUT2D eigenvalue weighted by atomic mass is 16.6. The lowest BCUT2D eigenvalue weighted by molar-refractivity contribution is -0.165. The molecular formula is C51H102O22. The fourth-order valence-corrected chi connectivity index (χ4v) is 7.00. The first-order valence-electron chi connectivity index (χ1n) is 27.1. The maximum absolute atomic E-state index is 12.1. The zero-order valence-corrected chi connectivity index (χ0v) is 44.3. The molecule has 0 amide bonds. The summed E-state index contributed by atoms with van der Waals surface area (Å²) in [7, 11) is 0. The van der Waals surface area contributed by atoms with E-state index in [0.29, 0.717) is 6.42 Å². The maximum atomic E-state index is 12.1. The van der Waals surface area contributed by atoms with Crippen molar-refractivity contribution in [2.45, 2.75) is 197 Å². The van der Waals surface area contributed by atoms with Crippen molar-refractivity contribution in [3.05, 3.63) is 0 Å². The molecule has 22 heteroatoms. The first-order valence-corrected chi connectivity index (χ1v) is 27.1. The molecule has 73 heavy (non-hydrogen) atoms. The van der Waals surface area contributed by atoms with Gasteiger partial charge in [-0.05, 0) is 6.42 Å². The highest BCUT2D eigenvalue weighted by molar-refractivity contribution is 5.69. The Labute approximate surface area is 435 Å². The molecule has 0 saturated carbocycles. The smallest absolute Gasteiger partial charge is 0.305 e. The molecular weight excluding hydrogens is 965 g/mol. The summed E-state index contributed by atoms with van der Waals surface area (Å²) in [4.78, 5) is 12.1. The van der Waals surface area contributed by atoms with Gasteiger partial charge in [0.1, 0.15) is 61.5 Å². The van der Waals surface area contributed by atoms with Gasteiger partial charge in [-0.15, -0.1) is 0 Å². The summed E-state index contributed by atoms with van der Waals surface area (Å²) in [5.41, 5.74) is 0. The van der Waals surface area contributed by atoms with E-state index in [2.05, 4.69) is 6.92 Å². The number of hydrogen-bond donors (Lipinski definition) is 11. The van der Waals surface area contributed by atoms with Crippen LogP contribution in [-0.2, 0) is 52.2 Å². The molecule has 10 atom stereocenters. The van der Waals surface area contributed by atoms with Gasteiger partial charge in [0.05, 0.1) is 119 Å². The number of carbonyl (C=O) groups is 1. The molecule has 0 rings (SSSR count). The lowest BCUT2D eigenvalue weighted by Gasteiger charge is -2.19. The summed E-state index contributed by atoms with van der Waals surface area (Å²) in [5.74, 6) is -0.355. The molecule has 0 aromatic carbocycles. The van der Waals surface area contributed by atoms with Gasteiger partial charge in [0.15, 0.2) is 6.29 Å². The monoisotopic (exact) mass is 1070 g/mol. The quantitative estimate of drug-likeness (QED) is 0.0230. The second-order valence-electron chi connectivity index (χ2n) is 19.0. The Kier molecular flexibility index (Phi) is 51.8. The van der Waals surface area contributed by atoms with Crippen LogP contribution in [0.4, 0.5) is 0 Å². The molecule has 0 radical (unpaired) electrons. The predicted octanol–water partition coefficient (Wildman–Crippen LogP) is 1.06. The van der Waals surface area contributed by atoms with Crippen LogP contribution in [0.1, 0.15) is 135 Å². The van der Waals surface area contributed by atoms with Gasteiger partial charge >= 0.3 is 5.97 Å². The van der Waals surface area contributed by atoms with E-state index < -0.39 is 67.8 Å². The average Bonchev–Trinajstić information content (AvgIpc) is 3.35. The zero-order valence-electron chi connectivity index (χ0n) is 44.3. The number of carbonyl (C=O) groups excluding carboxylic acids is 1. The van der Waals surface area contributed by atoms with Crippen LogP contribution in [0.5, 0.6) is 0 Å². The third-order valence-corrected chi connectivity index (χ3v) is 11.0. The minimum absolute atomic E-state index is 0.137. The Morgan fingerprint density at radius 1 is 0.301 bits per heavy atom.